The maximum absolute atomic E-state index is 12.7. The lowest BCUT2D eigenvalue weighted by molar-refractivity contribution is -0.124. The van der Waals surface area contributed by atoms with E-state index in [1.54, 1.807) is 12.1 Å². The minimum atomic E-state index is -0.616. The Morgan fingerprint density at radius 3 is 2.34 bits per heavy atom. The van der Waals surface area contributed by atoms with Crippen LogP contribution < -0.4 is 10.6 Å². The average Bonchev–Trinajstić information content (AvgIpc) is 2.77. The van der Waals surface area contributed by atoms with Crippen LogP contribution in [0.2, 0.25) is 10.0 Å². The maximum atomic E-state index is 12.7. The Kier molecular flexibility index (Phi) is 6.04. The lowest BCUT2D eigenvalue weighted by Crippen LogP contribution is -2.43. The fourth-order valence-corrected chi connectivity index (χ4v) is 4.22. The number of benzene rings is 2. The van der Waals surface area contributed by atoms with Crippen molar-refractivity contribution in [3.63, 3.8) is 0 Å². The summed E-state index contributed by atoms with van der Waals surface area (Å²) >= 11 is 12.2. The Bertz CT molecular complexity index is 1220. The van der Waals surface area contributed by atoms with Gasteiger partial charge < -0.3 is 10.6 Å². The third-order valence-electron chi connectivity index (χ3n) is 5.38. The topological polar surface area (TPSA) is 71.1 Å². The molecular formula is C25H20Cl2N3O2. The van der Waals surface area contributed by atoms with Crippen LogP contribution in [0, 0.1) is 11.5 Å². The van der Waals surface area contributed by atoms with Crippen LogP contribution in [0.3, 0.4) is 0 Å². The van der Waals surface area contributed by atoms with E-state index in [0.717, 1.165) is 16.8 Å². The molecule has 7 heteroatoms. The SMILES string of the molecule is CC1(C)C(=O)C(Cc2ccccc2)=C1Nc1[c]c(NC(=O)c2c(Cl)cncc2Cl)ccc1. The van der Waals surface area contributed by atoms with Crippen LogP contribution in [-0.4, -0.2) is 16.7 Å². The standard InChI is InChI=1S/C25H20Cl2N3O2/c1-25(2)22(18(23(25)31)11-15-7-4-3-5-8-15)29-16-9-6-10-17(12-16)30-24(32)21-19(26)13-28-14-20(21)27/h3-10,13-14,29H,11H2,1-2H3,(H,30,32). The lowest BCUT2D eigenvalue weighted by atomic mass is 9.67. The van der Waals surface area contributed by atoms with Gasteiger partial charge in [-0.3, -0.25) is 14.6 Å². The smallest absolute Gasteiger partial charge is 0.258 e. The molecule has 3 aromatic rings. The van der Waals surface area contributed by atoms with Crippen molar-refractivity contribution in [2.75, 3.05) is 10.6 Å². The maximum Gasteiger partial charge on any atom is 0.258 e. The van der Waals surface area contributed by atoms with E-state index in [4.69, 9.17) is 23.2 Å². The van der Waals surface area contributed by atoms with Gasteiger partial charge in [0.1, 0.15) is 0 Å². The molecule has 2 aromatic carbocycles. The summed E-state index contributed by atoms with van der Waals surface area (Å²) in [6.07, 6.45) is 3.28. The van der Waals surface area contributed by atoms with Crippen LogP contribution in [0.4, 0.5) is 11.4 Å². The largest absolute Gasteiger partial charge is 0.357 e. The highest BCUT2D eigenvalue weighted by molar-refractivity contribution is 6.40. The van der Waals surface area contributed by atoms with Gasteiger partial charge in [-0.15, -0.1) is 0 Å². The van der Waals surface area contributed by atoms with E-state index < -0.39 is 11.3 Å². The lowest BCUT2D eigenvalue weighted by Gasteiger charge is -2.39. The van der Waals surface area contributed by atoms with Crippen molar-refractivity contribution in [3.05, 3.63) is 99.4 Å². The third kappa shape index (κ3) is 4.27. The van der Waals surface area contributed by atoms with Gasteiger partial charge in [0.25, 0.3) is 5.91 Å². The molecule has 0 saturated carbocycles. The molecule has 0 atom stereocenters. The minimum absolute atomic E-state index is 0.121. The number of rotatable bonds is 6. The predicted octanol–water partition coefficient (Wildman–Crippen LogP) is 5.96. The van der Waals surface area contributed by atoms with E-state index in [0.29, 0.717) is 17.8 Å². The summed E-state index contributed by atoms with van der Waals surface area (Å²) in [7, 11) is 0. The molecule has 0 spiro atoms. The van der Waals surface area contributed by atoms with E-state index in [-0.39, 0.29) is 21.4 Å². The summed E-state index contributed by atoms with van der Waals surface area (Å²) in [6.45, 7) is 3.79. The van der Waals surface area contributed by atoms with Crippen molar-refractivity contribution in [1.29, 1.82) is 0 Å². The van der Waals surface area contributed by atoms with Crippen LogP contribution in [0.1, 0.15) is 29.8 Å². The first kappa shape index (κ1) is 22.1. The number of Topliss-reactive ketones (excluding diaryl/α,β-unsaturated/α-hetero) is 1. The van der Waals surface area contributed by atoms with Crippen molar-refractivity contribution in [2.45, 2.75) is 20.3 Å². The van der Waals surface area contributed by atoms with Crippen molar-refractivity contribution >= 4 is 46.3 Å². The Labute approximate surface area is 196 Å². The van der Waals surface area contributed by atoms with E-state index in [9.17, 15) is 9.59 Å². The fourth-order valence-electron chi connectivity index (χ4n) is 3.68. The fraction of sp³-hybridized carbons (Fsp3) is 0.160. The quantitative estimate of drug-likeness (QED) is 0.472. The van der Waals surface area contributed by atoms with Gasteiger partial charge in [-0.05, 0) is 31.5 Å². The average molecular weight is 465 g/mol. The molecule has 32 heavy (non-hydrogen) atoms. The number of hydrogen-bond acceptors (Lipinski definition) is 4. The van der Waals surface area contributed by atoms with Crippen LogP contribution in [-0.2, 0) is 11.2 Å². The second-order valence-electron chi connectivity index (χ2n) is 8.01. The van der Waals surface area contributed by atoms with Crippen LogP contribution in [0.15, 0.2) is 72.2 Å². The normalized spacial score (nSPS) is 14.7. The van der Waals surface area contributed by atoms with Gasteiger partial charge >= 0.3 is 0 Å². The molecule has 1 heterocycles. The highest BCUT2D eigenvalue weighted by Crippen LogP contribution is 2.44. The van der Waals surface area contributed by atoms with Gasteiger partial charge in [0.05, 0.1) is 26.7 Å². The highest BCUT2D eigenvalue weighted by atomic mass is 35.5. The number of allylic oxidation sites excluding steroid dienone is 2. The Hall–Kier alpha value is -3.15. The number of carbonyl (C=O) groups excluding carboxylic acids is 2. The Morgan fingerprint density at radius 1 is 1.00 bits per heavy atom. The van der Waals surface area contributed by atoms with Gasteiger partial charge in [-0.1, -0.05) is 59.6 Å². The molecule has 0 fully saturated rings. The van der Waals surface area contributed by atoms with Crippen molar-refractivity contribution < 1.29 is 9.59 Å². The van der Waals surface area contributed by atoms with Crippen LogP contribution >= 0.6 is 23.2 Å². The third-order valence-corrected chi connectivity index (χ3v) is 5.95. The van der Waals surface area contributed by atoms with Crippen molar-refractivity contribution in [1.82, 2.24) is 4.98 Å². The monoisotopic (exact) mass is 464 g/mol. The molecule has 1 radical (unpaired) electrons. The predicted molar refractivity (Wildman–Crippen MR) is 127 cm³/mol. The summed E-state index contributed by atoms with van der Waals surface area (Å²) in [5.41, 5.74) is 3.28. The molecule has 1 aliphatic rings. The van der Waals surface area contributed by atoms with Gasteiger partial charge in [0.2, 0.25) is 0 Å². The molecule has 0 unspecified atom stereocenters. The van der Waals surface area contributed by atoms with Gasteiger partial charge in [0.15, 0.2) is 5.78 Å². The Morgan fingerprint density at radius 2 is 1.66 bits per heavy atom. The first-order chi connectivity index (χ1) is 15.3. The number of nitrogens with one attached hydrogen (secondary N) is 2. The second-order valence-corrected chi connectivity index (χ2v) is 8.82. The number of pyridine rings is 1. The summed E-state index contributed by atoms with van der Waals surface area (Å²) in [6, 6.07) is 18.3. The summed E-state index contributed by atoms with van der Waals surface area (Å²) < 4.78 is 0. The molecule has 161 valence electrons. The van der Waals surface area contributed by atoms with Gasteiger partial charge in [0, 0.05) is 41.8 Å². The zero-order valence-corrected chi connectivity index (χ0v) is 19.0. The molecule has 0 aliphatic heterocycles. The summed E-state index contributed by atoms with van der Waals surface area (Å²) in [4.78, 5) is 29.2. The first-order valence-corrected chi connectivity index (χ1v) is 10.7. The van der Waals surface area contributed by atoms with Crippen molar-refractivity contribution in [2.24, 2.45) is 5.41 Å². The molecule has 5 nitrogen and oxygen atoms in total. The summed E-state index contributed by atoms with van der Waals surface area (Å²) in [5.74, 6) is -0.339. The molecular weight excluding hydrogens is 445 g/mol. The number of amides is 1. The molecule has 2 N–H and O–H groups in total. The molecule has 0 saturated heterocycles. The summed E-state index contributed by atoms with van der Waals surface area (Å²) in [5, 5.41) is 6.41. The number of hydrogen-bond donors (Lipinski definition) is 2. The highest BCUT2D eigenvalue weighted by Gasteiger charge is 2.46. The zero-order valence-electron chi connectivity index (χ0n) is 17.5. The molecule has 4 rings (SSSR count). The number of anilines is 2. The number of halogens is 2. The van der Waals surface area contributed by atoms with Gasteiger partial charge in [-0.2, -0.15) is 0 Å². The van der Waals surface area contributed by atoms with E-state index in [1.807, 2.05) is 50.2 Å². The van der Waals surface area contributed by atoms with E-state index in [1.165, 1.54) is 12.4 Å². The number of aromatic nitrogens is 1. The van der Waals surface area contributed by atoms with Crippen LogP contribution in [0.5, 0.6) is 0 Å². The zero-order chi connectivity index (χ0) is 22.9. The number of nitrogens with zero attached hydrogens (tertiary/aromatic N) is 1. The van der Waals surface area contributed by atoms with Crippen LogP contribution in [0.25, 0.3) is 0 Å². The first-order valence-electron chi connectivity index (χ1n) is 9.99. The minimum Gasteiger partial charge on any atom is -0.357 e. The molecule has 1 aliphatic carbocycles. The van der Waals surface area contributed by atoms with Gasteiger partial charge in [-0.25, -0.2) is 0 Å². The number of ketones is 1. The Balaban J connectivity index is 1.56. The van der Waals surface area contributed by atoms with E-state index >= 15 is 0 Å². The second kappa shape index (κ2) is 8.77. The molecule has 1 aromatic heterocycles. The number of carbonyl (C=O) groups is 2. The van der Waals surface area contributed by atoms with E-state index in [2.05, 4.69) is 21.7 Å². The van der Waals surface area contributed by atoms with Crippen molar-refractivity contribution in [3.8, 4) is 0 Å². The molecule has 1 amide bonds. The molecule has 0 bridgehead atoms.